The molecule has 0 aliphatic carbocycles. The summed E-state index contributed by atoms with van der Waals surface area (Å²) >= 11 is 0. The minimum atomic E-state index is 0.600. The average molecular weight is 256 g/mol. The molecule has 2 nitrogen and oxygen atoms in total. The largest absolute Gasteiger partial charge is 0.329 e. The summed E-state index contributed by atoms with van der Waals surface area (Å²) < 4.78 is 0. The van der Waals surface area contributed by atoms with Gasteiger partial charge in [-0.3, -0.25) is 4.90 Å². The first-order valence-corrected chi connectivity index (χ1v) is 8.16. The lowest BCUT2D eigenvalue weighted by Gasteiger charge is -2.36. The van der Waals surface area contributed by atoms with Crippen molar-refractivity contribution in [1.29, 1.82) is 0 Å². The van der Waals surface area contributed by atoms with Gasteiger partial charge in [-0.25, -0.2) is 0 Å². The SMILES string of the molecule is CCCCCCC(CN)N(CCCC)C(C)CC. The summed E-state index contributed by atoms with van der Waals surface area (Å²) in [4.78, 5) is 2.66. The van der Waals surface area contributed by atoms with E-state index in [1.54, 1.807) is 0 Å². The number of nitrogens with two attached hydrogens (primary N) is 1. The molecule has 2 heteroatoms. The molecule has 0 rings (SSSR count). The predicted octanol–water partition coefficient (Wildman–Crippen LogP) is 4.18. The van der Waals surface area contributed by atoms with Gasteiger partial charge in [0.2, 0.25) is 0 Å². The monoisotopic (exact) mass is 256 g/mol. The van der Waals surface area contributed by atoms with Crippen LogP contribution in [0, 0.1) is 0 Å². The molecule has 2 N–H and O–H groups in total. The number of hydrogen-bond acceptors (Lipinski definition) is 2. The molecule has 0 aromatic rings. The lowest BCUT2D eigenvalue weighted by Crippen LogP contribution is -2.46. The smallest absolute Gasteiger partial charge is 0.0221 e. The van der Waals surface area contributed by atoms with Gasteiger partial charge in [0.25, 0.3) is 0 Å². The zero-order valence-electron chi connectivity index (χ0n) is 13.3. The molecule has 0 aromatic carbocycles. The second-order valence-electron chi connectivity index (χ2n) is 5.59. The molecule has 0 spiro atoms. The van der Waals surface area contributed by atoms with Crippen molar-refractivity contribution >= 4 is 0 Å². The van der Waals surface area contributed by atoms with Crippen molar-refractivity contribution in [3.05, 3.63) is 0 Å². The summed E-state index contributed by atoms with van der Waals surface area (Å²) in [5.74, 6) is 0. The van der Waals surface area contributed by atoms with Crippen LogP contribution in [0.3, 0.4) is 0 Å². The average Bonchev–Trinajstić information content (AvgIpc) is 2.40. The molecular weight excluding hydrogens is 220 g/mol. The van der Waals surface area contributed by atoms with Crippen LogP contribution in [0.1, 0.15) is 79.1 Å². The molecule has 2 atom stereocenters. The van der Waals surface area contributed by atoms with E-state index >= 15 is 0 Å². The third kappa shape index (κ3) is 7.38. The summed E-state index contributed by atoms with van der Waals surface area (Å²) in [5, 5.41) is 0. The lowest BCUT2D eigenvalue weighted by molar-refractivity contribution is 0.131. The van der Waals surface area contributed by atoms with E-state index in [1.807, 2.05) is 0 Å². The molecule has 0 saturated heterocycles. The Morgan fingerprint density at radius 1 is 0.944 bits per heavy atom. The van der Waals surface area contributed by atoms with Crippen LogP contribution in [0.2, 0.25) is 0 Å². The number of nitrogens with zero attached hydrogens (tertiary/aromatic N) is 1. The minimum absolute atomic E-state index is 0.600. The van der Waals surface area contributed by atoms with Crippen LogP contribution in [0.15, 0.2) is 0 Å². The van der Waals surface area contributed by atoms with Crippen LogP contribution in [-0.4, -0.2) is 30.1 Å². The molecule has 0 bridgehead atoms. The van der Waals surface area contributed by atoms with Crippen molar-refractivity contribution in [2.24, 2.45) is 5.73 Å². The van der Waals surface area contributed by atoms with Gasteiger partial charge in [0, 0.05) is 18.6 Å². The molecule has 110 valence electrons. The van der Waals surface area contributed by atoms with E-state index in [9.17, 15) is 0 Å². The molecule has 0 aliphatic heterocycles. The lowest BCUT2D eigenvalue weighted by atomic mass is 10.0. The van der Waals surface area contributed by atoms with Gasteiger partial charge in [0.1, 0.15) is 0 Å². The number of hydrogen-bond donors (Lipinski definition) is 1. The second kappa shape index (κ2) is 12.0. The van der Waals surface area contributed by atoms with Crippen LogP contribution in [0.25, 0.3) is 0 Å². The summed E-state index contributed by atoms with van der Waals surface area (Å²) in [6.45, 7) is 11.2. The molecule has 0 amide bonds. The van der Waals surface area contributed by atoms with Crippen molar-refractivity contribution in [3.63, 3.8) is 0 Å². The summed E-state index contributed by atoms with van der Waals surface area (Å²) in [5.41, 5.74) is 6.01. The highest BCUT2D eigenvalue weighted by molar-refractivity contribution is 4.77. The summed E-state index contributed by atoms with van der Waals surface area (Å²) in [6.07, 6.45) is 10.5. The molecule has 2 unspecified atom stereocenters. The van der Waals surface area contributed by atoms with Gasteiger partial charge in [-0.05, 0) is 32.7 Å². The first kappa shape index (κ1) is 17.9. The van der Waals surface area contributed by atoms with Gasteiger partial charge >= 0.3 is 0 Å². The van der Waals surface area contributed by atoms with E-state index in [0.29, 0.717) is 12.1 Å². The Hall–Kier alpha value is -0.0800. The van der Waals surface area contributed by atoms with E-state index < -0.39 is 0 Å². The predicted molar refractivity (Wildman–Crippen MR) is 83.0 cm³/mol. The third-order valence-electron chi connectivity index (χ3n) is 4.06. The highest BCUT2D eigenvalue weighted by Crippen LogP contribution is 2.16. The quantitative estimate of drug-likeness (QED) is 0.531. The van der Waals surface area contributed by atoms with E-state index in [-0.39, 0.29) is 0 Å². The van der Waals surface area contributed by atoms with Gasteiger partial charge in [0.15, 0.2) is 0 Å². The van der Waals surface area contributed by atoms with Crippen LogP contribution in [-0.2, 0) is 0 Å². The van der Waals surface area contributed by atoms with Gasteiger partial charge in [0.05, 0.1) is 0 Å². The Morgan fingerprint density at radius 2 is 1.61 bits per heavy atom. The van der Waals surface area contributed by atoms with Crippen molar-refractivity contribution in [1.82, 2.24) is 4.90 Å². The summed E-state index contributed by atoms with van der Waals surface area (Å²) in [6, 6.07) is 1.28. The second-order valence-corrected chi connectivity index (χ2v) is 5.59. The van der Waals surface area contributed by atoms with Crippen molar-refractivity contribution in [2.45, 2.75) is 91.1 Å². The van der Waals surface area contributed by atoms with Gasteiger partial charge < -0.3 is 5.73 Å². The van der Waals surface area contributed by atoms with Gasteiger partial charge in [-0.2, -0.15) is 0 Å². The van der Waals surface area contributed by atoms with Crippen molar-refractivity contribution < 1.29 is 0 Å². The Kier molecular flexibility index (Phi) is 11.9. The fourth-order valence-electron chi connectivity index (χ4n) is 2.56. The van der Waals surface area contributed by atoms with E-state index in [4.69, 9.17) is 5.73 Å². The normalized spacial score (nSPS) is 15.0. The van der Waals surface area contributed by atoms with Gasteiger partial charge in [-0.15, -0.1) is 0 Å². The third-order valence-corrected chi connectivity index (χ3v) is 4.06. The maximum Gasteiger partial charge on any atom is 0.0221 e. The molecule has 0 radical (unpaired) electrons. The first-order valence-electron chi connectivity index (χ1n) is 8.16. The van der Waals surface area contributed by atoms with Crippen molar-refractivity contribution in [2.75, 3.05) is 13.1 Å². The minimum Gasteiger partial charge on any atom is -0.329 e. The van der Waals surface area contributed by atoms with Gasteiger partial charge in [-0.1, -0.05) is 52.9 Å². The zero-order chi connectivity index (χ0) is 13.8. The molecule has 0 heterocycles. The maximum atomic E-state index is 6.01. The highest BCUT2D eigenvalue weighted by Gasteiger charge is 2.20. The molecule has 18 heavy (non-hydrogen) atoms. The number of unbranched alkanes of at least 4 members (excludes halogenated alkanes) is 4. The summed E-state index contributed by atoms with van der Waals surface area (Å²) in [7, 11) is 0. The highest BCUT2D eigenvalue weighted by atomic mass is 15.2. The Balaban J connectivity index is 4.21. The Morgan fingerprint density at radius 3 is 2.11 bits per heavy atom. The molecule has 0 aromatic heterocycles. The molecular formula is C16H36N2. The maximum absolute atomic E-state index is 6.01. The fraction of sp³-hybridized carbons (Fsp3) is 1.00. The van der Waals surface area contributed by atoms with E-state index in [0.717, 1.165) is 6.54 Å². The Bertz CT molecular complexity index is 170. The standard InChI is InChI=1S/C16H36N2/c1-5-8-10-11-12-16(14-17)18(13-9-6-2)15(4)7-3/h15-16H,5-14,17H2,1-4H3. The molecule has 0 fully saturated rings. The van der Waals surface area contributed by atoms with Crippen LogP contribution in [0.5, 0.6) is 0 Å². The van der Waals surface area contributed by atoms with E-state index in [2.05, 4.69) is 32.6 Å². The van der Waals surface area contributed by atoms with Crippen molar-refractivity contribution in [3.8, 4) is 0 Å². The topological polar surface area (TPSA) is 29.3 Å². The van der Waals surface area contributed by atoms with Crippen LogP contribution >= 0.6 is 0 Å². The van der Waals surface area contributed by atoms with Crippen LogP contribution < -0.4 is 5.73 Å². The zero-order valence-corrected chi connectivity index (χ0v) is 13.3. The molecule has 0 saturated carbocycles. The molecule has 0 aliphatic rings. The van der Waals surface area contributed by atoms with E-state index in [1.165, 1.54) is 57.9 Å². The van der Waals surface area contributed by atoms with Crippen LogP contribution in [0.4, 0.5) is 0 Å². The first-order chi connectivity index (χ1) is 8.71. The number of rotatable bonds is 12. The fourth-order valence-corrected chi connectivity index (χ4v) is 2.56. The Labute approximate surface area is 115 Å².